The molecule has 5 rings (SSSR count). The number of hydrogen-bond donors (Lipinski definition) is 2. The van der Waals surface area contributed by atoms with Crippen LogP contribution in [0.3, 0.4) is 0 Å². The van der Waals surface area contributed by atoms with E-state index in [-0.39, 0.29) is 17.6 Å². The second-order valence-corrected chi connectivity index (χ2v) is 12.8. The third-order valence-corrected chi connectivity index (χ3v) is 9.07. The normalized spacial score (nSPS) is 19.8. The summed E-state index contributed by atoms with van der Waals surface area (Å²) in [4.78, 5) is 15.6. The highest BCUT2D eigenvalue weighted by Gasteiger charge is 2.42. The molecular weight excluding hydrogens is 614 g/mol. The van der Waals surface area contributed by atoms with Crippen molar-refractivity contribution in [3.05, 3.63) is 58.2 Å². The molecule has 1 aromatic heterocycles. The molecule has 0 spiro atoms. The monoisotopic (exact) mass is 656 g/mol. The summed E-state index contributed by atoms with van der Waals surface area (Å²) < 4.78 is 35.0. The van der Waals surface area contributed by atoms with Crippen LogP contribution in [-0.4, -0.2) is 28.8 Å². The van der Waals surface area contributed by atoms with Gasteiger partial charge < -0.3 is 14.8 Å². The minimum absolute atomic E-state index is 0.0411. The molecule has 2 aromatic carbocycles. The number of carboxylic acid groups (broad SMARTS) is 1. The Bertz CT molecular complexity index is 1380. The quantitative estimate of drug-likeness (QED) is 0.169. The average molecular weight is 658 g/mol. The maximum atomic E-state index is 14.1. The number of carboxylic acids is 1. The number of nitriles is 1. The Labute approximate surface area is 262 Å². The Morgan fingerprint density at radius 2 is 1.77 bits per heavy atom. The van der Waals surface area contributed by atoms with Crippen molar-refractivity contribution in [3.8, 4) is 17.2 Å². The number of fused-ring (bicyclic) bond motifs is 1. The Morgan fingerprint density at radius 1 is 1.07 bits per heavy atom. The summed E-state index contributed by atoms with van der Waals surface area (Å²) in [6.45, 7) is 2.77. The molecule has 3 aromatic rings. The number of aromatic amines is 1. The van der Waals surface area contributed by atoms with Gasteiger partial charge in [0.05, 0.1) is 18.1 Å². The fraction of sp³-hybridized carbons (Fsp3) is 0.543. The van der Waals surface area contributed by atoms with E-state index in [2.05, 4.69) is 33.9 Å². The highest BCUT2D eigenvalue weighted by atomic mass is 79.9. The zero-order chi connectivity index (χ0) is 30.8. The fourth-order valence-corrected chi connectivity index (χ4v) is 6.44. The van der Waals surface area contributed by atoms with E-state index in [1.54, 1.807) is 12.1 Å². The van der Waals surface area contributed by atoms with Gasteiger partial charge >= 0.3 is 5.97 Å². The lowest BCUT2D eigenvalue weighted by molar-refractivity contribution is -0.146. The first kappa shape index (κ1) is 33.1. The summed E-state index contributed by atoms with van der Waals surface area (Å²) in [5.41, 5.74) is 2.85. The molecule has 1 heterocycles. The van der Waals surface area contributed by atoms with Crippen LogP contribution in [0.1, 0.15) is 108 Å². The Balaban J connectivity index is 0.000000767. The second-order valence-electron chi connectivity index (χ2n) is 11.9. The van der Waals surface area contributed by atoms with Gasteiger partial charge in [-0.15, -0.1) is 0 Å². The van der Waals surface area contributed by atoms with E-state index in [9.17, 15) is 18.7 Å². The van der Waals surface area contributed by atoms with Crippen molar-refractivity contribution in [2.75, 3.05) is 6.61 Å². The second kappa shape index (κ2) is 16.4. The molecule has 8 heteroatoms. The number of carbonyl (C=O) groups is 1. The van der Waals surface area contributed by atoms with Crippen LogP contribution in [0.2, 0.25) is 0 Å². The summed E-state index contributed by atoms with van der Waals surface area (Å²) in [5, 5.41) is 18.8. The van der Waals surface area contributed by atoms with Crippen LogP contribution in [0.5, 0.6) is 0 Å². The van der Waals surface area contributed by atoms with Crippen molar-refractivity contribution in [2.24, 2.45) is 11.8 Å². The maximum absolute atomic E-state index is 14.1. The van der Waals surface area contributed by atoms with E-state index in [1.165, 1.54) is 44.6 Å². The number of nitrogens with one attached hydrogen (secondary N) is 1. The summed E-state index contributed by atoms with van der Waals surface area (Å²) in [7, 11) is 0. The molecule has 2 aliphatic rings. The zero-order valence-electron chi connectivity index (χ0n) is 25.0. The number of hydrogen-bond acceptors (Lipinski definition) is 3. The van der Waals surface area contributed by atoms with Crippen molar-refractivity contribution in [1.82, 2.24) is 4.98 Å². The van der Waals surface area contributed by atoms with Crippen molar-refractivity contribution < 1.29 is 23.4 Å². The predicted octanol–water partition coefficient (Wildman–Crippen LogP) is 10.6. The number of H-pyrrole nitrogens is 1. The number of alkyl halides is 2. The number of benzene rings is 2. The van der Waals surface area contributed by atoms with Crippen LogP contribution in [0.15, 0.2) is 46.9 Å². The molecule has 3 atom stereocenters. The number of halogens is 3. The third-order valence-electron chi connectivity index (χ3n) is 8.57. The minimum atomic E-state index is -2.64. The van der Waals surface area contributed by atoms with Gasteiger partial charge in [-0.1, -0.05) is 92.1 Å². The average Bonchev–Trinajstić information content (AvgIpc) is 3.63. The number of nitrogens with zero attached hydrogens (tertiary/aromatic N) is 1. The molecule has 0 amide bonds. The van der Waals surface area contributed by atoms with Gasteiger partial charge in [0, 0.05) is 50.6 Å². The largest absolute Gasteiger partial charge is 0.481 e. The van der Waals surface area contributed by atoms with E-state index in [4.69, 9.17) is 10.00 Å². The summed E-state index contributed by atoms with van der Waals surface area (Å²) in [6.07, 6.45) is 9.79. The molecular formula is C35H43BrF2N2O3. The van der Waals surface area contributed by atoms with E-state index < -0.39 is 18.3 Å². The van der Waals surface area contributed by atoms with Crippen LogP contribution in [0.4, 0.5) is 8.78 Å². The Kier molecular flexibility index (Phi) is 12.6. The molecule has 43 heavy (non-hydrogen) atoms. The van der Waals surface area contributed by atoms with Crippen molar-refractivity contribution in [2.45, 2.75) is 102 Å². The summed E-state index contributed by atoms with van der Waals surface area (Å²) >= 11 is 3.32. The number of rotatable bonds is 14. The number of aliphatic carboxylic acids is 1. The molecule has 0 unspecified atom stereocenters. The van der Waals surface area contributed by atoms with Crippen LogP contribution in [0.25, 0.3) is 22.0 Å². The molecule has 0 radical (unpaired) electrons. The molecule has 2 N–H and O–H groups in total. The summed E-state index contributed by atoms with van der Waals surface area (Å²) in [5.74, 6) is -1.16. The summed E-state index contributed by atoms with van der Waals surface area (Å²) in [6, 6.07) is 14.8. The van der Waals surface area contributed by atoms with Gasteiger partial charge in [0.15, 0.2) is 0 Å². The van der Waals surface area contributed by atoms with Crippen LogP contribution in [-0.2, 0) is 9.53 Å². The Hall–Kier alpha value is -2.76. The van der Waals surface area contributed by atoms with Crippen molar-refractivity contribution in [1.29, 1.82) is 5.26 Å². The molecule has 5 nitrogen and oxygen atoms in total. The van der Waals surface area contributed by atoms with Crippen molar-refractivity contribution >= 4 is 32.8 Å². The third kappa shape index (κ3) is 9.12. The van der Waals surface area contributed by atoms with Crippen LogP contribution < -0.4 is 0 Å². The lowest BCUT2D eigenvalue weighted by Gasteiger charge is -2.17. The number of ether oxygens (including phenoxy) is 1. The molecule has 2 aliphatic carbocycles. The first-order valence-electron chi connectivity index (χ1n) is 15.8. The van der Waals surface area contributed by atoms with Gasteiger partial charge in [0.1, 0.15) is 0 Å². The molecule has 0 saturated heterocycles. The number of unbranched alkanes of at least 4 members (excludes halogenated alkanes) is 7. The molecule has 0 bridgehead atoms. The van der Waals surface area contributed by atoms with Gasteiger partial charge in [0.2, 0.25) is 0 Å². The topological polar surface area (TPSA) is 86.1 Å². The highest BCUT2D eigenvalue weighted by molar-refractivity contribution is 9.10. The van der Waals surface area contributed by atoms with Crippen molar-refractivity contribution in [3.63, 3.8) is 0 Å². The van der Waals surface area contributed by atoms with Gasteiger partial charge in [-0.3, -0.25) is 4.79 Å². The standard InChI is InChI=1S/C31H38BrF2NO3.C4H5N/c1-2-3-4-5-6-7-8-11-16-38-27-18-20(17-25(27)31(36)37)29-28(23-12-9-10-13-26(23)35-29)22-15-14-21(32)19-24(22)30(33)34;5-3-4-1-2-4/h9-10,12-15,19-20,25,27,30,35H,2-8,11,16-18H2,1H3,(H,36,37);4H,1-2H2/t20-,25-,27-;/m0./s1. The SMILES string of the molecule is CCCCCCCCCCO[C@H]1C[C@@H](c2[nH]c3ccccc3c2-c2ccc(Br)cc2C(F)F)C[C@@H]1C(=O)O.N#CC1CC1. The number of aromatic nitrogens is 1. The molecule has 0 aliphatic heterocycles. The van der Waals surface area contributed by atoms with Crippen LogP contribution in [0, 0.1) is 23.2 Å². The maximum Gasteiger partial charge on any atom is 0.309 e. The molecule has 232 valence electrons. The number of para-hydroxylation sites is 1. The van der Waals surface area contributed by atoms with Gasteiger partial charge in [-0.2, -0.15) is 5.26 Å². The first-order valence-corrected chi connectivity index (χ1v) is 16.6. The first-order chi connectivity index (χ1) is 20.8. The lowest BCUT2D eigenvalue weighted by Crippen LogP contribution is -2.25. The van der Waals surface area contributed by atoms with Gasteiger partial charge in [-0.05, 0) is 55.9 Å². The van der Waals surface area contributed by atoms with E-state index in [0.29, 0.717) is 35.4 Å². The lowest BCUT2D eigenvalue weighted by atomic mass is 9.91. The van der Waals surface area contributed by atoms with E-state index in [0.717, 1.165) is 47.8 Å². The van der Waals surface area contributed by atoms with Gasteiger partial charge in [-0.25, -0.2) is 8.78 Å². The Morgan fingerprint density at radius 3 is 2.40 bits per heavy atom. The minimum Gasteiger partial charge on any atom is -0.481 e. The molecule has 2 saturated carbocycles. The van der Waals surface area contributed by atoms with E-state index in [1.807, 2.05) is 24.3 Å². The predicted molar refractivity (Wildman–Crippen MR) is 170 cm³/mol. The van der Waals surface area contributed by atoms with E-state index >= 15 is 0 Å². The van der Waals surface area contributed by atoms with Crippen LogP contribution >= 0.6 is 15.9 Å². The smallest absolute Gasteiger partial charge is 0.309 e. The van der Waals surface area contributed by atoms with Gasteiger partial charge in [0.25, 0.3) is 6.43 Å². The highest BCUT2D eigenvalue weighted by Crippen LogP contribution is 2.47. The fourth-order valence-electron chi connectivity index (χ4n) is 6.06. The molecule has 2 fully saturated rings. The zero-order valence-corrected chi connectivity index (χ0v) is 26.6.